The predicted octanol–water partition coefficient (Wildman–Crippen LogP) is 9.64. The van der Waals surface area contributed by atoms with Crippen LogP contribution in [-0.2, 0) is 32.2 Å². The van der Waals surface area contributed by atoms with Crippen LogP contribution >= 0.6 is 0 Å². The Balaban J connectivity index is 0.954. The molecule has 6 aromatic carbocycles. The number of amides is 2. The molecule has 0 aliphatic carbocycles. The summed E-state index contributed by atoms with van der Waals surface area (Å²) in [6.07, 6.45) is 1.77. The number of nitrogens with zero attached hydrogens (tertiary/aromatic N) is 1. The largest absolute Gasteiger partial charge is 0.397 e. The molecule has 1 fully saturated rings. The second-order valence-electron chi connectivity index (χ2n) is 15.5. The van der Waals surface area contributed by atoms with E-state index in [-0.39, 0.29) is 36.7 Å². The fourth-order valence-corrected chi connectivity index (χ4v) is 7.61. The molecule has 5 N–H and O–H groups in total. The second kappa shape index (κ2) is 19.7. The van der Waals surface area contributed by atoms with E-state index < -0.39 is 6.29 Å². The first-order chi connectivity index (χ1) is 28.7. The van der Waals surface area contributed by atoms with Gasteiger partial charge in [-0.05, 0) is 95.2 Å². The molecule has 1 aliphatic heterocycles. The fraction of sp³-hybridized carbons (Fsp3) is 0.280. The third kappa shape index (κ3) is 11.0. The average molecular weight is 791 g/mol. The number of aliphatic hydroxyl groups is 1. The van der Waals surface area contributed by atoms with Gasteiger partial charge >= 0.3 is 0 Å². The van der Waals surface area contributed by atoms with Crippen LogP contribution in [-0.4, -0.2) is 41.5 Å². The molecule has 1 heterocycles. The molecular weight excluding hydrogens is 737 g/mol. The number of nitrogens with two attached hydrogens (primary N) is 1. The van der Waals surface area contributed by atoms with Gasteiger partial charge in [0.25, 0.3) is 0 Å². The Bertz CT molecular complexity index is 2330. The van der Waals surface area contributed by atoms with Gasteiger partial charge in [-0.3, -0.25) is 14.5 Å². The molecule has 0 radical (unpaired) electrons. The molecule has 59 heavy (non-hydrogen) atoms. The standard InChI is InChI=1S/C50H54N4O5/c1-34(41-27-24-37-11-3-4-12-43(37)29-41)54(2)32-44-30-47(39-20-18-35(33-55)19-21-39)59-50(58-44)40-25-22-38(23-26-40)42-13-9-10-36(28-42)31-52-48(56)16-7-8-17-49(57)53-46-15-6-5-14-45(46)51/h3-6,9-15,18-29,34,44,47,50,55H,7-8,16-17,30-33,51H2,1-2H3,(H,52,56)(H,53,57)/t34-,44+,47-,50-/m1/s1. The Hall–Kier alpha value is -5.84. The van der Waals surface area contributed by atoms with E-state index in [1.807, 2.05) is 48.5 Å². The van der Waals surface area contributed by atoms with E-state index >= 15 is 0 Å². The number of unbranched alkanes of at least 4 members (excludes halogenated alkanes) is 1. The lowest BCUT2D eigenvalue weighted by molar-refractivity contribution is -0.253. The number of hydrogen-bond acceptors (Lipinski definition) is 7. The number of fused-ring (bicyclic) bond motifs is 1. The van der Waals surface area contributed by atoms with E-state index in [0.717, 1.165) is 39.9 Å². The van der Waals surface area contributed by atoms with Crippen LogP contribution < -0.4 is 16.4 Å². The second-order valence-corrected chi connectivity index (χ2v) is 15.5. The maximum absolute atomic E-state index is 12.6. The van der Waals surface area contributed by atoms with Crippen molar-refractivity contribution in [3.63, 3.8) is 0 Å². The summed E-state index contributed by atoms with van der Waals surface area (Å²) in [4.78, 5) is 27.3. The van der Waals surface area contributed by atoms with E-state index in [1.54, 1.807) is 12.1 Å². The molecule has 0 bridgehead atoms. The molecule has 0 spiro atoms. The van der Waals surface area contributed by atoms with Gasteiger partial charge in [0, 0.05) is 44.0 Å². The predicted molar refractivity (Wildman–Crippen MR) is 235 cm³/mol. The molecule has 6 aromatic rings. The van der Waals surface area contributed by atoms with Crippen LogP contribution in [0, 0.1) is 0 Å². The number of carbonyl (C=O) groups is 2. The van der Waals surface area contributed by atoms with E-state index in [0.29, 0.717) is 50.0 Å². The minimum absolute atomic E-state index is 0.00290. The summed E-state index contributed by atoms with van der Waals surface area (Å²) in [5.74, 6) is -0.160. The van der Waals surface area contributed by atoms with E-state index in [1.165, 1.54) is 16.3 Å². The Kier molecular flexibility index (Phi) is 13.8. The number of benzene rings is 6. The number of ether oxygens (including phenoxy) is 2. The van der Waals surface area contributed by atoms with Gasteiger partial charge in [-0.25, -0.2) is 0 Å². The summed E-state index contributed by atoms with van der Waals surface area (Å²) in [7, 11) is 2.15. The lowest BCUT2D eigenvalue weighted by Crippen LogP contribution is -2.38. The van der Waals surface area contributed by atoms with Crippen LogP contribution in [0.3, 0.4) is 0 Å². The van der Waals surface area contributed by atoms with Gasteiger partial charge in [-0.15, -0.1) is 0 Å². The minimum atomic E-state index is -0.562. The van der Waals surface area contributed by atoms with Crippen molar-refractivity contribution in [1.29, 1.82) is 0 Å². The summed E-state index contributed by atoms with van der Waals surface area (Å²) in [6, 6.07) is 47.0. The summed E-state index contributed by atoms with van der Waals surface area (Å²) in [6.45, 7) is 3.38. The Morgan fingerprint density at radius 3 is 2.22 bits per heavy atom. The molecule has 0 aromatic heterocycles. The van der Waals surface area contributed by atoms with Crippen molar-refractivity contribution >= 4 is 34.0 Å². The van der Waals surface area contributed by atoms with E-state index in [9.17, 15) is 14.7 Å². The topological polar surface area (TPSA) is 126 Å². The Morgan fingerprint density at radius 2 is 1.46 bits per heavy atom. The van der Waals surface area contributed by atoms with E-state index in [2.05, 4.69) is 108 Å². The Labute approximate surface area is 347 Å². The SMILES string of the molecule is C[C@H](c1ccc2ccccc2c1)N(C)C[C@@H]1C[C@H](c2ccc(CO)cc2)O[C@H](c2ccc(-c3cccc(CNC(=O)CCCCC(=O)Nc4ccccc4N)c3)cc2)O1. The first-order valence-electron chi connectivity index (χ1n) is 20.5. The molecule has 2 amide bonds. The van der Waals surface area contributed by atoms with Crippen molar-refractivity contribution in [3.05, 3.63) is 167 Å². The molecule has 0 saturated carbocycles. The first kappa shape index (κ1) is 41.3. The van der Waals surface area contributed by atoms with Gasteiger partial charge in [-0.1, -0.05) is 115 Å². The number of carbonyl (C=O) groups excluding carboxylic acids is 2. The highest BCUT2D eigenvalue weighted by Gasteiger charge is 2.33. The highest BCUT2D eigenvalue weighted by molar-refractivity contribution is 5.93. The van der Waals surface area contributed by atoms with Gasteiger partial charge in [0.1, 0.15) is 0 Å². The normalized spacial score (nSPS) is 17.1. The Morgan fingerprint density at radius 1 is 0.746 bits per heavy atom. The molecule has 0 unspecified atom stereocenters. The van der Waals surface area contributed by atoms with Crippen molar-refractivity contribution in [2.24, 2.45) is 0 Å². The molecule has 9 nitrogen and oxygen atoms in total. The van der Waals surface area contributed by atoms with Crippen molar-refractivity contribution in [3.8, 4) is 11.1 Å². The average Bonchev–Trinajstić information content (AvgIpc) is 3.27. The van der Waals surface area contributed by atoms with Crippen LogP contribution in [0.2, 0.25) is 0 Å². The highest BCUT2D eigenvalue weighted by atomic mass is 16.7. The van der Waals surface area contributed by atoms with Crippen LogP contribution in [0.5, 0.6) is 0 Å². The molecule has 1 aliphatic rings. The number of likely N-dealkylation sites (N-methyl/N-ethyl adjacent to an activating group) is 1. The molecule has 7 rings (SSSR count). The van der Waals surface area contributed by atoms with Crippen molar-refractivity contribution in [2.75, 3.05) is 24.6 Å². The maximum atomic E-state index is 12.6. The smallest absolute Gasteiger partial charge is 0.224 e. The quantitative estimate of drug-likeness (QED) is 0.0568. The monoisotopic (exact) mass is 790 g/mol. The van der Waals surface area contributed by atoms with Gasteiger partial charge in [0.2, 0.25) is 11.8 Å². The number of para-hydroxylation sites is 2. The zero-order valence-electron chi connectivity index (χ0n) is 33.9. The number of hydrogen-bond donors (Lipinski definition) is 4. The fourth-order valence-electron chi connectivity index (χ4n) is 7.61. The van der Waals surface area contributed by atoms with Gasteiger partial charge < -0.3 is 30.9 Å². The summed E-state index contributed by atoms with van der Waals surface area (Å²) in [5.41, 5.74) is 14.3. The number of aliphatic hydroxyl groups excluding tert-OH is 1. The molecule has 4 atom stereocenters. The van der Waals surface area contributed by atoms with Crippen molar-refractivity contribution < 1.29 is 24.2 Å². The van der Waals surface area contributed by atoms with Crippen LogP contribution in [0.25, 0.3) is 21.9 Å². The molecule has 1 saturated heterocycles. The number of nitrogens with one attached hydrogen (secondary N) is 2. The van der Waals surface area contributed by atoms with Gasteiger partial charge in [0.15, 0.2) is 6.29 Å². The zero-order chi connectivity index (χ0) is 41.1. The zero-order valence-corrected chi connectivity index (χ0v) is 33.9. The molecule has 304 valence electrons. The lowest BCUT2D eigenvalue weighted by Gasteiger charge is -2.39. The van der Waals surface area contributed by atoms with Crippen LogP contribution in [0.15, 0.2) is 140 Å². The number of rotatable bonds is 16. The number of anilines is 2. The minimum Gasteiger partial charge on any atom is -0.397 e. The number of nitrogen functional groups attached to an aromatic ring is 1. The first-order valence-corrected chi connectivity index (χ1v) is 20.5. The van der Waals surface area contributed by atoms with Crippen molar-refractivity contribution in [2.45, 2.75) is 76.7 Å². The summed E-state index contributed by atoms with van der Waals surface area (Å²) < 4.78 is 13.4. The van der Waals surface area contributed by atoms with Crippen LogP contribution in [0.1, 0.15) is 85.3 Å². The third-order valence-electron chi connectivity index (χ3n) is 11.2. The summed E-state index contributed by atoms with van der Waals surface area (Å²) in [5, 5.41) is 18.0. The summed E-state index contributed by atoms with van der Waals surface area (Å²) >= 11 is 0. The van der Waals surface area contributed by atoms with Crippen LogP contribution in [0.4, 0.5) is 11.4 Å². The lowest BCUT2D eigenvalue weighted by atomic mass is 9.98. The van der Waals surface area contributed by atoms with E-state index in [4.69, 9.17) is 15.2 Å². The third-order valence-corrected chi connectivity index (χ3v) is 11.2. The van der Waals surface area contributed by atoms with Gasteiger partial charge in [0.05, 0.1) is 30.2 Å². The van der Waals surface area contributed by atoms with Crippen molar-refractivity contribution in [1.82, 2.24) is 10.2 Å². The highest BCUT2D eigenvalue weighted by Crippen LogP contribution is 2.39. The maximum Gasteiger partial charge on any atom is 0.224 e. The van der Waals surface area contributed by atoms with Gasteiger partial charge in [-0.2, -0.15) is 0 Å². The molecular formula is C50H54N4O5. The molecule has 9 heteroatoms.